The van der Waals surface area contributed by atoms with Gasteiger partial charge in [-0.25, -0.2) is 0 Å². The summed E-state index contributed by atoms with van der Waals surface area (Å²) in [5.74, 6) is 0. The summed E-state index contributed by atoms with van der Waals surface area (Å²) >= 11 is 0. The van der Waals surface area contributed by atoms with Gasteiger partial charge in [0.2, 0.25) is 0 Å². The summed E-state index contributed by atoms with van der Waals surface area (Å²) in [6.07, 6.45) is 0.332. The number of hydrogen-bond donors (Lipinski definition) is 0. The Morgan fingerprint density at radius 1 is 1.29 bits per heavy atom. The lowest BCUT2D eigenvalue weighted by Gasteiger charge is -2.29. The zero-order chi connectivity index (χ0) is 12.1. The average Bonchev–Trinajstić information content (AvgIpc) is 2.40. The van der Waals surface area contributed by atoms with E-state index in [9.17, 15) is 0 Å². The third-order valence-electron chi connectivity index (χ3n) is 2.99. The summed E-state index contributed by atoms with van der Waals surface area (Å²) < 4.78 is 11.6. The van der Waals surface area contributed by atoms with Crippen LogP contribution in [0.5, 0.6) is 0 Å². The molecule has 3 nitrogen and oxygen atoms in total. The van der Waals surface area contributed by atoms with Crippen molar-refractivity contribution < 1.29 is 9.47 Å². The van der Waals surface area contributed by atoms with E-state index in [2.05, 4.69) is 12.6 Å². The number of ether oxygens (including phenoxy) is 2. The van der Waals surface area contributed by atoms with Crippen LogP contribution in [0.4, 0.5) is 0 Å². The van der Waals surface area contributed by atoms with Crippen molar-refractivity contribution in [3.63, 3.8) is 0 Å². The van der Waals surface area contributed by atoms with Crippen LogP contribution in [-0.2, 0) is 9.47 Å². The van der Waals surface area contributed by atoms with Crippen LogP contribution in [0.15, 0.2) is 24.3 Å². The Balaban J connectivity index is 1.94. The maximum Gasteiger partial charge on any atom is 0.106 e. The summed E-state index contributed by atoms with van der Waals surface area (Å²) in [5.41, 5.74) is 1.77. The molecule has 2 rings (SSSR count). The highest BCUT2D eigenvalue weighted by Gasteiger charge is 2.22. The first-order valence-electron chi connectivity index (χ1n) is 6.06. The van der Waals surface area contributed by atoms with Crippen LogP contribution in [0.3, 0.4) is 0 Å². The molecule has 2 atom stereocenters. The fourth-order valence-electron chi connectivity index (χ4n) is 2.00. The lowest BCUT2D eigenvalue weighted by atomic mass is 10.1. The van der Waals surface area contributed by atoms with Crippen LogP contribution >= 0.6 is 0 Å². The fraction of sp³-hybridized carbons (Fsp3) is 0.462. The maximum absolute atomic E-state index is 8.73. The Kier molecular flexibility index (Phi) is 4.32. The van der Waals surface area contributed by atoms with E-state index < -0.39 is 0 Å². The average molecular weight is 247 g/mol. The first-order valence-corrected chi connectivity index (χ1v) is 8.48. The first-order chi connectivity index (χ1) is 8.33. The van der Waals surface area contributed by atoms with Crippen molar-refractivity contribution in [3.8, 4) is 6.07 Å². The molecule has 0 amide bonds. The Morgan fingerprint density at radius 2 is 2.06 bits per heavy atom. The van der Waals surface area contributed by atoms with Crippen LogP contribution in [0.2, 0.25) is 12.6 Å². The minimum Gasteiger partial charge on any atom is -0.373 e. The fourth-order valence-corrected chi connectivity index (χ4v) is 2.97. The van der Waals surface area contributed by atoms with Crippen LogP contribution in [0.1, 0.15) is 17.2 Å². The van der Waals surface area contributed by atoms with E-state index in [4.69, 9.17) is 14.7 Å². The Bertz CT molecular complexity index is 391. The molecule has 1 heterocycles. The molecule has 1 aliphatic heterocycles. The molecule has 1 aromatic carbocycles. The van der Waals surface area contributed by atoms with Crippen molar-refractivity contribution in [2.75, 3.05) is 13.2 Å². The predicted molar refractivity (Wildman–Crippen MR) is 68.8 cm³/mol. The van der Waals surface area contributed by atoms with Gasteiger partial charge in [0.15, 0.2) is 0 Å². The molecule has 1 aliphatic rings. The molecule has 0 aromatic heterocycles. The standard InChI is InChI=1S/C13H17NO2Si/c1-17-9-12-7-16-13(8-15-12)11-4-2-10(6-14)3-5-11/h2-5,12-13H,7-9,17H2,1H3. The quantitative estimate of drug-likeness (QED) is 0.763. The van der Waals surface area contributed by atoms with Gasteiger partial charge in [-0.3, -0.25) is 0 Å². The van der Waals surface area contributed by atoms with Gasteiger partial charge in [0.1, 0.15) is 6.10 Å². The second kappa shape index (κ2) is 5.96. The highest BCUT2D eigenvalue weighted by molar-refractivity contribution is 6.33. The molecular weight excluding hydrogens is 230 g/mol. The molecule has 0 spiro atoms. The molecule has 0 aliphatic carbocycles. The van der Waals surface area contributed by atoms with Crippen LogP contribution in [0.25, 0.3) is 0 Å². The van der Waals surface area contributed by atoms with Crippen molar-refractivity contribution in [1.82, 2.24) is 0 Å². The van der Waals surface area contributed by atoms with Gasteiger partial charge >= 0.3 is 0 Å². The van der Waals surface area contributed by atoms with Gasteiger partial charge in [-0.15, -0.1) is 0 Å². The number of nitrogens with zero attached hydrogens (tertiary/aromatic N) is 1. The second-order valence-electron chi connectivity index (χ2n) is 4.30. The molecule has 4 heteroatoms. The third kappa shape index (κ3) is 3.16. The minimum absolute atomic E-state index is 0.0255. The topological polar surface area (TPSA) is 42.2 Å². The summed E-state index contributed by atoms with van der Waals surface area (Å²) in [5, 5.41) is 8.73. The first kappa shape index (κ1) is 12.3. The molecule has 1 fully saturated rings. The second-order valence-corrected chi connectivity index (χ2v) is 5.88. The summed E-state index contributed by atoms with van der Waals surface area (Å²) in [6.45, 7) is 3.62. The molecule has 0 radical (unpaired) electrons. The van der Waals surface area contributed by atoms with Gasteiger partial charge in [-0.05, 0) is 23.7 Å². The van der Waals surface area contributed by atoms with Gasteiger partial charge < -0.3 is 9.47 Å². The molecule has 0 saturated carbocycles. The van der Waals surface area contributed by atoms with Gasteiger partial charge in [0, 0.05) is 9.52 Å². The minimum atomic E-state index is 0.0255. The van der Waals surface area contributed by atoms with Gasteiger partial charge in [0.05, 0.1) is 31.0 Å². The Labute approximate surface area is 104 Å². The van der Waals surface area contributed by atoms with Gasteiger partial charge in [-0.2, -0.15) is 5.26 Å². The van der Waals surface area contributed by atoms with E-state index in [-0.39, 0.29) is 15.6 Å². The van der Waals surface area contributed by atoms with E-state index in [1.807, 2.05) is 24.3 Å². The van der Waals surface area contributed by atoms with Crippen LogP contribution < -0.4 is 0 Å². The van der Waals surface area contributed by atoms with Crippen molar-refractivity contribution >= 4 is 9.52 Å². The van der Waals surface area contributed by atoms with Gasteiger partial charge in [0.25, 0.3) is 0 Å². The van der Waals surface area contributed by atoms with E-state index in [0.717, 1.165) is 5.56 Å². The number of rotatable bonds is 3. The summed E-state index contributed by atoms with van der Waals surface area (Å²) in [7, 11) is 0.0398. The largest absolute Gasteiger partial charge is 0.373 e. The molecule has 0 N–H and O–H groups in total. The van der Waals surface area contributed by atoms with Crippen molar-refractivity contribution in [3.05, 3.63) is 35.4 Å². The molecule has 2 unspecified atom stereocenters. The number of benzene rings is 1. The molecular formula is C13H17NO2Si. The lowest BCUT2D eigenvalue weighted by molar-refractivity contribution is -0.128. The third-order valence-corrected chi connectivity index (χ3v) is 4.21. The van der Waals surface area contributed by atoms with Crippen molar-refractivity contribution in [1.29, 1.82) is 5.26 Å². The Hall–Kier alpha value is -1.15. The lowest BCUT2D eigenvalue weighted by Crippen LogP contribution is -2.31. The predicted octanol–water partition coefficient (Wildman–Crippen LogP) is 1.65. The van der Waals surface area contributed by atoms with E-state index >= 15 is 0 Å². The van der Waals surface area contributed by atoms with E-state index in [1.165, 1.54) is 6.04 Å². The highest BCUT2D eigenvalue weighted by Crippen LogP contribution is 2.24. The molecule has 1 saturated heterocycles. The summed E-state index contributed by atoms with van der Waals surface area (Å²) in [4.78, 5) is 0. The monoisotopic (exact) mass is 247 g/mol. The Morgan fingerprint density at radius 3 is 2.59 bits per heavy atom. The molecule has 17 heavy (non-hydrogen) atoms. The summed E-state index contributed by atoms with van der Waals surface area (Å²) in [6, 6.07) is 10.8. The van der Waals surface area contributed by atoms with E-state index in [0.29, 0.717) is 24.9 Å². The van der Waals surface area contributed by atoms with Crippen LogP contribution in [0, 0.1) is 11.3 Å². The smallest absolute Gasteiger partial charge is 0.106 e. The highest BCUT2D eigenvalue weighted by atomic mass is 28.2. The maximum atomic E-state index is 8.73. The SMILES string of the molecule is C[SiH2]CC1COC(c2ccc(C#N)cc2)CO1. The zero-order valence-corrected chi connectivity index (χ0v) is 11.5. The zero-order valence-electron chi connectivity index (χ0n) is 10.1. The van der Waals surface area contributed by atoms with Gasteiger partial charge in [-0.1, -0.05) is 18.7 Å². The normalized spacial score (nSPS) is 24.9. The molecule has 0 bridgehead atoms. The van der Waals surface area contributed by atoms with Crippen molar-refractivity contribution in [2.24, 2.45) is 0 Å². The van der Waals surface area contributed by atoms with E-state index in [1.54, 1.807) is 0 Å². The van der Waals surface area contributed by atoms with Crippen LogP contribution in [-0.4, -0.2) is 28.8 Å². The number of hydrogen-bond acceptors (Lipinski definition) is 3. The number of nitriles is 1. The van der Waals surface area contributed by atoms with Crippen molar-refractivity contribution in [2.45, 2.75) is 24.8 Å². The molecule has 90 valence electrons. The molecule has 1 aromatic rings.